The Balaban J connectivity index is 2.40. The van der Waals surface area contributed by atoms with Crippen molar-refractivity contribution in [3.63, 3.8) is 0 Å². The fraction of sp³-hybridized carbons (Fsp3) is 0.538. The molecular formula is C13H19Cl2N3O2S. The summed E-state index contributed by atoms with van der Waals surface area (Å²) in [5.74, 6) is 0. The minimum Gasteiger partial charge on any atom is -0.396 e. The molecule has 0 amide bonds. The van der Waals surface area contributed by atoms with Crippen molar-refractivity contribution in [2.45, 2.75) is 23.8 Å². The Morgan fingerprint density at radius 1 is 1.38 bits per heavy atom. The normalized spacial score (nSPS) is 20.3. The van der Waals surface area contributed by atoms with Gasteiger partial charge in [0, 0.05) is 19.1 Å². The molecule has 1 atom stereocenters. The summed E-state index contributed by atoms with van der Waals surface area (Å²) in [7, 11) is 0.187. The van der Waals surface area contributed by atoms with E-state index in [0.29, 0.717) is 13.1 Å². The molecule has 5 nitrogen and oxygen atoms in total. The van der Waals surface area contributed by atoms with Crippen LogP contribution in [0.3, 0.4) is 0 Å². The molecule has 1 unspecified atom stereocenters. The van der Waals surface area contributed by atoms with Crippen LogP contribution >= 0.6 is 23.2 Å². The molecule has 1 aliphatic heterocycles. The van der Waals surface area contributed by atoms with E-state index in [-0.39, 0.29) is 26.7 Å². The lowest BCUT2D eigenvalue weighted by molar-refractivity contribution is 0.291. The van der Waals surface area contributed by atoms with Crippen molar-refractivity contribution in [2.75, 3.05) is 32.9 Å². The molecule has 1 aromatic carbocycles. The first-order valence-electron chi connectivity index (χ1n) is 6.65. The molecule has 0 aromatic heterocycles. The smallest absolute Gasteiger partial charge is 0.244 e. The minimum absolute atomic E-state index is 0.00185. The van der Waals surface area contributed by atoms with E-state index < -0.39 is 10.0 Å². The van der Waals surface area contributed by atoms with Gasteiger partial charge < -0.3 is 10.6 Å². The Labute approximate surface area is 135 Å². The first-order chi connectivity index (χ1) is 9.75. The van der Waals surface area contributed by atoms with Crippen molar-refractivity contribution in [1.82, 2.24) is 9.21 Å². The molecule has 8 heteroatoms. The molecule has 0 saturated carbocycles. The predicted octanol–water partition coefficient (Wildman–Crippen LogP) is 2.29. The number of nitrogen functional groups attached to an aromatic ring is 1. The summed E-state index contributed by atoms with van der Waals surface area (Å²) < 4.78 is 27.2. The van der Waals surface area contributed by atoms with Crippen LogP contribution in [0.15, 0.2) is 17.0 Å². The van der Waals surface area contributed by atoms with Crippen molar-refractivity contribution in [2.24, 2.45) is 0 Å². The molecule has 1 heterocycles. The van der Waals surface area contributed by atoms with Crippen LogP contribution in [0, 0.1) is 0 Å². The van der Waals surface area contributed by atoms with Crippen LogP contribution in [0.5, 0.6) is 0 Å². The summed E-state index contributed by atoms with van der Waals surface area (Å²) in [6.45, 7) is 1.18. The number of sulfonamides is 1. The Kier molecular flexibility index (Phi) is 5.05. The van der Waals surface area contributed by atoms with E-state index >= 15 is 0 Å². The van der Waals surface area contributed by atoms with Crippen LogP contribution < -0.4 is 5.73 Å². The molecule has 0 spiro atoms. The number of likely N-dealkylation sites (N-methyl/N-ethyl adjacent to an activating group) is 1. The quantitative estimate of drug-likeness (QED) is 0.845. The van der Waals surface area contributed by atoms with Gasteiger partial charge in [0.25, 0.3) is 0 Å². The van der Waals surface area contributed by atoms with Crippen molar-refractivity contribution in [3.8, 4) is 0 Å². The van der Waals surface area contributed by atoms with Crippen LogP contribution in [0.25, 0.3) is 0 Å². The highest BCUT2D eigenvalue weighted by atomic mass is 35.5. The zero-order valence-corrected chi connectivity index (χ0v) is 14.3. The number of benzene rings is 1. The average molecular weight is 352 g/mol. The monoisotopic (exact) mass is 351 g/mol. The highest BCUT2D eigenvalue weighted by Gasteiger charge is 2.36. The maximum Gasteiger partial charge on any atom is 0.244 e. The molecule has 21 heavy (non-hydrogen) atoms. The number of anilines is 1. The lowest BCUT2D eigenvalue weighted by atomic mass is 10.2. The summed E-state index contributed by atoms with van der Waals surface area (Å²) in [6, 6.07) is 2.84. The van der Waals surface area contributed by atoms with E-state index in [4.69, 9.17) is 28.9 Å². The second kappa shape index (κ2) is 6.30. The van der Waals surface area contributed by atoms with Gasteiger partial charge in [0.2, 0.25) is 10.0 Å². The van der Waals surface area contributed by atoms with Crippen molar-refractivity contribution in [1.29, 1.82) is 0 Å². The van der Waals surface area contributed by atoms with Gasteiger partial charge in [-0.3, -0.25) is 0 Å². The lowest BCUT2D eigenvalue weighted by Gasteiger charge is -2.27. The highest BCUT2D eigenvalue weighted by Crippen LogP contribution is 2.36. The third-order valence-electron chi connectivity index (χ3n) is 3.58. The third kappa shape index (κ3) is 3.29. The van der Waals surface area contributed by atoms with Crippen LogP contribution in [-0.2, 0) is 10.0 Å². The molecule has 118 valence electrons. The first-order valence-corrected chi connectivity index (χ1v) is 8.84. The second-order valence-corrected chi connectivity index (χ2v) is 8.09. The lowest BCUT2D eigenvalue weighted by Crippen LogP contribution is -2.41. The molecule has 0 aliphatic carbocycles. The molecule has 2 N–H and O–H groups in total. The van der Waals surface area contributed by atoms with E-state index in [1.54, 1.807) is 0 Å². The maximum absolute atomic E-state index is 12.8. The zero-order chi connectivity index (χ0) is 15.8. The van der Waals surface area contributed by atoms with E-state index in [1.165, 1.54) is 16.4 Å². The molecule has 0 radical (unpaired) electrons. The summed E-state index contributed by atoms with van der Waals surface area (Å²) >= 11 is 12.0. The molecule has 1 aromatic rings. The number of hydrogen-bond donors (Lipinski definition) is 1. The number of hydrogen-bond acceptors (Lipinski definition) is 4. The SMILES string of the molecule is CN(C)CC1CCCN1S(=O)(=O)c1ccc(Cl)c(N)c1Cl. The third-order valence-corrected chi connectivity index (χ3v) is 6.42. The van der Waals surface area contributed by atoms with Crippen LogP contribution in [-0.4, -0.2) is 50.8 Å². The molecule has 1 fully saturated rings. The predicted molar refractivity (Wildman–Crippen MR) is 86.3 cm³/mol. The van der Waals surface area contributed by atoms with Gasteiger partial charge in [0.1, 0.15) is 4.90 Å². The molecular weight excluding hydrogens is 333 g/mol. The first kappa shape index (κ1) is 16.8. The fourth-order valence-corrected chi connectivity index (χ4v) is 5.03. The summed E-state index contributed by atoms with van der Waals surface area (Å²) in [5, 5.41) is 0.253. The number of nitrogens with zero attached hydrogens (tertiary/aromatic N) is 2. The van der Waals surface area contributed by atoms with E-state index in [0.717, 1.165) is 12.8 Å². The highest BCUT2D eigenvalue weighted by molar-refractivity contribution is 7.89. The topological polar surface area (TPSA) is 66.6 Å². The van der Waals surface area contributed by atoms with Gasteiger partial charge >= 0.3 is 0 Å². The van der Waals surface area contributed by atoms with Gasteiger partial charge in [0.15, 0.2) is 0 Å². The second-order valence-electron chi connectivity index (χ2n) is 5.45. The van der Waals surface area contributed by atoms with E-state index in [1.807, 2.05) is 19.0 Å². The largest absolute Gasteiger partial charge is 0.396 e. The Hall–Kier alpha value is -0.530. The summed E-state index contributed by atoms with van der Waals surface area (Å²) in [4.78, 5) is 2.01. The van der Waals surface area contributed by atoms with Gasteiger partial charge in [0.05, 0.1) is 15.7 Å². The Bertz CT molecular complexity index is 635. The molecule has 0 bridgehead atoms. The fourth-order valence-electron chi connectivity index (χ4n) is 2.60. The van der Waals surface area contributed by atoms with Crippen LogP contribution in [0.2, 0.25) is 10.0 Å². The number of rotatable bonds is 4. The van der Waals surface area contributed by atoms with Gasteiger partial charge in [-0.05, 0) is 39.1 Å². The van der Waals surface area contributed by atoms with Crippen molar-refractivity contribution in [3.05, 3.63) is 22.2 Å². The van der Waals surface area contributed by atoms with Crippen LogP contribution in [0.1, 0.15) is 12.8 Å². The van der Waals surface area contributed by atoms with Crippen molar-refractivity contribution < 1.29 is 8.42 Å². The summed E-state index contributed by atoms with van der Waals surface area (Å²) in [6.07, 6.45) is 1.69. The summed E-state index contributed by atoms with van der Waals surface area (Å²) in [5.41, 5.74) is 5.84. The van der Waals surface area contributed by atoms with Crippen molar-refractivity contribution >= 4 is 38.9 Å². The van der Waals surface area contributed by atoms with E-state index in [2.05, 4.69) is 0 Å². The Morgan fingerprint density at radius 2 is 2.05 bits per heavy atom. The van der Waals surface area contributed by atoms with E-state index in [9.17, 15) is 8.42 Å². The maximum atomic E-state index is 12.8. The number of halogens is 2. The number of nitrogens with two attached hydrogens (primary N) is 1. The molecule has 1 aliphatic rings. The standard InChI is InChI=1S/C13H19Cl2N3O2S/c1-17(2)8-9-4-3-7-18(9)21(19,20)11-6-5-10(14)13(16)12(11)15/h5-6,9H,3-4,7-8,16H2,1-2H3. The Morgan fingerprint density at radius 3 is 2.67 bits per heavy atom. The van der Waals surface area contributed by atoms with Gasteiger partial charge in [-0.15, -0.1) is 0 Å². The van der Waals surface area contributed by atoms with Gasteiger partial charge in [-0.25, -0.2) is 8.42 Å². The van der Waals surface area contributed by atoms with Gasteiger partial charge in [-0.2, -0.15) is 4.31 Å². The van der Waals surface area contributed by atoms with Crippen LogP contribution in [0.4, 0.5) is 5.69 Å². The van der Waals surface area contributed by atoms with Gasteiger partial charge in [-0.1, -0.05) is 23.2 Å². The average Bonchev–Trinajstić information content (AvgIpc) is 2.83. The molecule has 1 saturated heterocycles. The minimum atomic E-state index is -3.67. The zero-order valence-electron chi connectivity index (χ0n) is 12.0. The molecule has 2 rings (SSSR count).